The molecule has 0 bridgehead atoms. The molecule has 2 N–H and O–H groups in total. The molecule has 0 aliphatic heterocycles. The molecule has 1 rings (SSSR count). The fourth-order valence-corrected chi connectivity index (χ4v) is 2.01. The molecule has 0 fully saturated rings. The van der Waals surface area contributed by atoms with Crippen molar-refractivity contribution in [3.05, 3.63) is 35.4 Å². The molecule has 0 saturated heterocycles. The van der Waals surface area contributed by atoms with E-state index < -0.39 is 0 Å². The minimum Gasteiger partial charge on any atom is -0.493 e. The van der Waals surface area contributed by atoms with Crippen molar-refractivity contribution in [3.63, 3.8) is 0 Å². The Hall–Kier alpha value is -1.19. The van der Waals surface area contributed by atoms with Crippen LogP contribution < -0.4 is 15.2 Å². The number of halogens is 1. The lowest BCUT2D eigenvalue weighted by molar-refractivity contribution is 0.300. The summed E-state index contributed by atoms with van der Waals surface area (Å²) < 4.78 is 11.0. The summed E-state index contributed by atoms with van der Waals surface area (Å²) in [5.41, 5.74) is 7.02. The van der Waals surface area contributed by atoms with Crippen molar-refractivity contribution in [2.75, 3.05) is 13.7 Å². The average molecular weight is 284 g/mol. The number of benzene rings is 1. The average Bonchev–Trinajstić information content (AvgIpc) is 2.40. The molecule has 1 aromatic rings. The van der Waals surface area contributed by atoms with Gasteiger partial charge in [0.1, 0.15) is 0 Å². The minimum absolute atomic E-state index is 0.133. The highest BCUT2D eigenvalue weighted by molar-refractivity contribution is 6.32. The molecule has 0 saturated carbocycles. The van der Waals surface area contributed by atoms with E-state index in [4.69, 9.17) is 26.8 Å². The Balaban J connectivity index is 2.90. The third-order valence-corrected chi connectivity index (χ3v) is 3.16. The zero-order valence-electron chi connectivity index (χ0n) is 11.6. The molecule has 0 aliphatic carbocycles. The summed E-state index contributed by atoms with van der Waals surface area (Å²) in [5.74, 6) is 1.23. The van der Waals surface area contributed by atoms with E-state index in [2.05, 4.69) is 13.5 Å². The van der Waals surface area contributed by atoms with E-state index in [1.807, 2.05) is 12.1 Å². The van der Waals surface area contributed by atoms with E-state index >= 15 is 0 Å². The van der Waals surface area contributed by atoms with E-state index in [0.29, 0.717) is 23.1 Å². The van der Waals surface area contributed by atoms with Crippen LogP contribution >= 0.6 is 11.6 Å². The number of hydrogen-bond acceptors (Lipinski definition) is 3. The summed E-state index contributed by atoms with van der Waals surface area (Å²) >= 11 is 6.25. The topological polar surface area (TPSA) is 44.5 Å². The molecule has 0 aliphatic rings. The molecule has 1 atom stereocenters. The minimum atomic E-state index is 0.133. The lowest BCUT2D eigenvalue weighted by atomic mass is 10.0. The smallest absolute Gasteiger partial charge is 0.179 e. The predicted octanol–water partition coefficient (Wildman–Crippen LogP) is 3.58. The lowest BCUT2D eigenvalue weighted by Crippen LogP contribution is -2.21. The zero-order chi connectivity index (χ0) is 14.3. The number of rotatable bonds is 8. The largest absolute Gasteiger partial charge is 0.493 e. The fraction of sp³-hybridized carbons (Fsp3) is 0.467. The maximum absolute atomic E-state index is 6.25. The van der Waals surface area contributed by atoms with Gasteiger partial charge >= 0.3 is 0 Å². The van der Waals surface area contributed by atoms with Gasteiger partial charge in [0, 0.05) is 6.04 Å². The summed E-state index contributed by atoms with van der Waals surface area (Å²) in [6, 6.07) is 3.96. The first kappa shape index (κ1) is 15.9. The third kappa shape index (κ3) is 4.77. The van der Waals surface area contributed by atoms with Crippen molar-refractivity contribution in [1.82, 2.24) is 0 Å². The quantitative estimate of drug-likeness (QED) is 0.586. The summed E-state index contributed by atoms with van der Waals surface area (Å²) in [6.45, 7) is 6.26. The molecule has 0 spiro atoms. The molecule has 3 nitrogen and oxygen atoms in total. The Morgan fingerprint density at radius 2 is 2.21 bits per heavy atom. The summed E-state index contributed by atoms with van der Waals surface area (Å²) in [4.78, 5) is 0. The van der Waals surface area contributed by atoms with Crippen LogP contribution in [0.25, 0.3) is 0 Å². The number of nitrogens with two attached hydrogens (primary N) is 1. The van der Waals surface area contributed by atoms with Crippen molar-refractivity contribution in [1.29, 1.82) is 0 Å². The maximum Gasteiger partial charge on any atom is 0.179 e. The highest BCUT2D eigenvalue weighted by atomic mass is 35.5. The van der Waals surface area contributed by atoms with E-state index in [0.717, 1.165) is 24.8 Å². The summed E-state index contributed by atoms with van der Waals surface area (Å²) in [7, 11) is 1.61. The van der Waals surface area contributed by atoms with Gasteiger partial charge in [-0.2, -0.15) is 0 Å². The van der Waals surface area contributed by atoms with Gasteiger partial charge in [0.15, 0.2) is 11.5 Å². The SMILES string of the molecule is C=CCCOc1c(Cl)cc(CC(N)CC)cc1OC. The zero-order valence-corrected chi connectivity index (χ0v) is 12.4. The molecular formula is C15H22ClNO2. The molecule has 4 heteroatoms. The summed E-state index contributed by atoms with van der Waals surface area (Å²) in [6.07, 6.45) is 4.27. The van der Waals surface area contributed by atoms with Crippen LogP contribution in [0.3, 0.4) is 0 Å². The van der Waals surface area contributed by atoms with Gasteiger partial charge in [0.2, 0.25) is 0 Å². The Kier molecular flexibility index (Phi) is 6.74. The van der Waals surface area contributed by atoms with Gasteiger partial charge in [-0.05, 0) is 37.0 Å². The van der Waals surface area contributed by atoms with Gasteiger partial charge in [0.25, 0.3) is 0 Å². The molecule has 0 amide bonds. The molecule has 1 aromatic carbocycles. The van der Waals surface area contributed by atoms with Crippen molar-refractivity contribution in [2.24, 2.45) is 5.73 Å². The van der Waals surface area contributed by atoms with Crippen LogP contribution in [-0.2, 0) is 6.42 Å². The Bertz CT molecular complexity index is 421. The Labute approximate surface area is 120 Å². The molecule has 0 aromatic heterocycles. The van der Waals surface area contributed by atoms with E-state index in [1.165, 1.54) is 0 Å². The second-order valence-corrected chi connectivity index (χ2v) is 4.81. The molecule has 1 unspecified atom stereocenters. The van der Waals surface area contributed by atoms with E-state index in [1.54, 1.807) is 13.2 Å². The Morgan fingerprint density at radius 1 is 1.47 bits per heavy atom. The third-order valence-electron chi connectivity index (χ3n) is 2.88. The molecule has 19 heavy (non-hydrogen) atoms. The summed E-state index contributed by atoms with van der Waals surface area (Å²) in [5, 5.41) is 0.557. The van der Waals surface area contributed by atoms with E-state index in [9.17, 15) is 0 Å². The first-order valence-electron chi connectivity index (χ1n) is 6.48. The Morgan fingerprint density at radius 3 is 2.79 bits per heavy atom. The molecule has 106 valence electrons. The van der Waals surface area contributed by atoms with Gasteiger partial charge in [-0.1, -0.05) is 24.6 Å². The van der Waals surface area contributed by atoms with Gasteiger partial charge in [-0.3, -0.25) is 0 Å². The monoisotopic (exact) mass is 283 g/mol. The van der Waals surface area contributed by atoms with Gasteiger partial charge in [0.05, 0.1) is 18.7 Å². The van der Waals surface area contributed by atoms with Crippen molar-refractivity contribution in [3.8, 4) is 11.5 Å². The predicted molar refractivity (Wildman–Crippen MR) is 80.3 cm³/mol. The maximum atomic E-state index is 6.25. The van der Waals surface area contributed by atoms with Crippen LogP contribution in [-0.4, -0.2) is 19.8 Å². The van der Waals surface area contributed by atoms with Crippen molar-refractivity contribution >= 4 is 11.6 Å². The van der Waals surface area contributed by atoms with Crippen LogP contribution in [0.15, 0.2) is 24.8 Å². The molecule has 0 radical (unpaired) electrons. The van der Waals surface area contributed by atoms with E-state index in [-0.39, 0.29) is 6.04 Å². The van der Waals surface area contributed by atoms with Crippen LogP contribution in [0.1, 0.15) is 25.3 Å². The van der Waals surface area contributed by atoms with Crippen LogP contribution in [0.4, 0.5) is 0 Å². The number of methoxy groups -OCH3 is 1. The van der Waals surface area contributed by atoms with Gasteiger partial charge in [-0.25, -0.2) is 0 Å². The highest BCUT2D eigenvalue weighted by Crippen LogP contribution is 2.36. The van der Waals surface area contributed by atoms with Gasteiger partial charge < -0.3 is 15.2 Å². The second kappa shape index (κ2) is 8.08. The lowest BCUT2D eigenvalue weighted by Gasteiger charge is -2.15. The van der Waals surface area contributed by atoms with Gasteiger partial charge in [-0.15, -0.1) is 6.58 Å². The molecular weight excluding hydrogens is 262 g/mol. The standard InChI is InChI=1S/C15H22ClNO2/c1-4-6-7-19-15-13(16)9-11(8-12(17)5-2)10-14(15)18-3/h4,9-10,12H,1,5-8,17H2,2-3H3. The fourth-order valence-electron chi connectivity index (χ4n) is 1.72. The van der Waals surface area contributed by atoms with Crippen LogP contribution in [0, 0.1) is 0 Å². The van der Waals surface area contributed by atoms with Crippen molar-refractivity contribution < 1.29 is 9.47 Å². The normalized spacial score (nSPS) is 12.0. The van der Waals surface area contributed by atoms with Crippen molar-refractivity contribution in [2.45, 2.75) is 32.2 Å². The highest BCUT2D eigenvalue weighted by Gasteiger charge is 2.13. The number of ether oxygens (including phenoxy) is 2. The van der Waals surface area contributed by atoms with Crippen LogP contribution in [0.2, 0.25) is 5.02 Å². The second-order valence-electron chi connectivity index (χ2n) is 4.41. The number of hydrogen-bond donors (Lipinski definition) is 1. The van der Waals surface area contributed by atoms with Crippen LogP contribution in [0.5, 0.6) is 11.5 Å². The first-order chi connectivity index (χ1) is 9.12. The molecule has 0 heterocycles. The first-order valence-corrected chi connectivity index (χ1v) is 6.85.